The SMILES string of the molecule is COc1ccc(S(=O)(=O)NN=Cc2ccc(OC(=O)c3ccccc3)cc2)c(OC)c1. The Labute approximate surface area is 180 Å². The Balaban J connectivity index is 1.65. The normalized spacial score (nSPS) is 11.2. The van der Waals surface area contributed by atoms with Gasteiger partial charge in [-0.1, -0.05) is 18.2 Å². The molecule has 9 heteroatoms. The average molecular weight is 440 g/mol. The zero-order valence-corrected chi connectivity index (χ0v) is 17.6. The molecule has 3 rings (SSSR count). The molecule has 31 heavy (non-hydrogen) atoms. The summed E-state index contributed by atoms with van der Waals surface area (Å²) >= 11 is 0. The molecule has 160 valence electrons. The summed E-state index contributed by atoms with van der Waals surface area (Å²) in [5.41, 5.74) is 1.04. The van der Waals surface area contributed by atoms with Crippen LogP contribution in [-0.4, -0.2) is 34.8 Å². The first-order chi connectivity index (χ1) is 14.9. The minimum absolute atomic E-state index is 0.0730. The van der Waals surface area contributed by atoms with Gasteiger partial charge in [-0.15, -0.1) is 0 Å². The topological polar surface area (TPSA) is 103 Å². The number of sulfonamides is 1. The Morgan fingerprint density at radius 1 is 0.903 bits per heavy atom. The lowest BCUT2D eigenvalue weighted by molar-refractivity contribution is 0.0734. The first kappa shape index (κ1) is 21.8. The van der Waals surface area contributed by atoms with Crippen molar-refractivity contribution >= 4 is 22.2 Å². The maximum absolute atomic E-state index is 12.5. The second kappa shape index (κ2) is 9.77. The molecular formula is C22H20N2O6S. The molecule has 0 spiro atoms. The smallest absolute Gasteiger partial charge is 0.343 e. The Bertz CT molecular complexity index is 1180. The van der Waals surface area contributed by atoms with Gasteiger partial charge >= 0.3 is 5.97 Å². The summed E-state index contributed by atoms with van der Waals surface area (Å²) in [4.78, 5) is 14.1. The van der Waals surface area contributed by atoms with Gasteiger partial charge in [-0.05, 0) is 54.1 Å². The van der Waals surface area contributed by atoms with Crippen molar-refractivity contribution in [2.45, 2.75) is 4.90 Å². The van der Waals surface area contributed by atoms with E-state index >= 15 is 0 Å². The van der Waals surface area contributed by atoms with Gasteiger partial charge in [-0.2, -0.15) is 18.4 Å². The number of ether oxygens (including phenoxy) is 3. The van der Waals surface area contributed by atoms with E-state index in [1.807, 2.05) is 6.07 Å². The van der Waals surface area contributed by atoms with E-state index in [9.17, 15) is 13.2 Å². The van der Waals surface area contributed by atoms with E-state index in [1.54, 1.807) is 48.5 Å². The Hall–Kier alpha value is -3.85. The third kappa shape index (κ3) is 5.61. The van der Waals surface area contributed by atoms with Crippen LogP contribution in [0.4, 0.5) is 0 Å². The second-order valence-corrected chi connectivity index (χ2v) is 7.82. The molecule has 0 aliphatic carbocycles. The fraction of sp³-hybridized carbons (Fsp3) is 0.0909. The number of carbonyl (C=O) groups excluding carboxylic acids is 1. The molecule has 0 atom stereocenters. The van der Waals surface area contributed by atoms with Gasteiger partial charge in [0.1, 0.15) is 22.1 Å². The highest BCUT2D eigenvalue weighted by atomic mass is 32.2. The fourth-order valence-corrected chi connectivity index (χ4v) is 3.52. The third-order valence-electron chi connectivity index (χ3n) is 4.15. The molecule has 0 amide bonds. The molecule has 0 fully saturated rings. The second-order valence-electron chi connectivity index (χ2n) is 6.19. The Morgan fingerprint density at radius 3 is 2.23 bits per heavy atom. The number of nitrogens with zero attached hydrogens (tertiary/aromatic N) is 1. The number of rotatable bonds is 8. The van der Waals surface area contributed by atoms with Gasteiger partial charge in [0.25, 0.3) is 10.0 Å². The Kier molecular flexibility index (Phi) is 6.88. The van der Waals surface area contributed by atoms with E-state index in [1.165, 1.54) is 38.6 Å². The quantitative estimate of drug-likeness (QED) is 0.250. The van der Waals surface area contributed by atoms with Gasteiger partial charge in [-0.3, -0.25) is 0 Å². The van der Waals surface area contributed by atoms with Crippen LogP contribution < -0.4 is 19.0 Å². The van der Waals surface area contributed by atoms with Gasteiger partial charge in [-0.25, -0.2) is 4.79 Å². The van der Waals surface area contributed by atoms with Crippen LogP contribution in [0.3, 0.4) is 0 Å². The summed E-state index contributed by atoms with van der Waals surface area (Å²) in [6, 6.07) is 19.4. The molecule has 0 unspecified atom stereocenters. The van der Waals surface area contributed by atoms with Gasteiger partial charge < -0.3 is 14.2 Å². The van der Waals surface area contributed by atoms with Crippen LogP contribution in [0.2, 0.25) is 0 Å². The van der Waals surface area contributed by atoms with Crippen molar-refractivity contribution < 1.29 is 27.4 Å². The van der Waals surface area contributed by atoms with E-state index in [-0.39, 0.29) is 10.6 Å². The number of hydrogen-bond donors (Lipinski definition) is 1. The van der Waals surface area contributed by atoms with Gasteiger partial charge in [0.15, 0.2) is 0 Å². The molecule has 0 aliphatic heterocycles. The van der Waals surface area contributed by atoms with E-state index < -0.39 is 16.0 Å². The lowest BCUT2D eigenvalue weighted by atomic mass is 10.2. The average Bonchev–Trinajstić information content (AvgIpc) is 2.80. The predicted octanol–water partition coefficient (Wildman–Crippen LogP) is 3.24. The number of hydrazone groups is 1. The molecule has 0 aromatic heterocycles. The Morgan fingerprint density at radius 2 is 1.58 bits per heavy atom. The van der Waals surface area contributed by atoms with E-state index in [0.29, 0.717) is 22.6 Å². The minimum Gasteiger partial charge on any atom is -0.497 e. The summed E-state index contributed by atoms with van der Waals surface area (Å²) in [5.74, 6) is 0.483. The summed E-state index contributed by atoms with van der Waals surface area (Å²) in [7, 11) is -1.11. The number of carbonyl (C=O) groups is 1. The van der Waals surface area contributed by atoms with Gasteiger partial charge in [0.2, 0.25) is 0 Å². The molecule has 8 nitrogen and oxygen atoms in total. The molecular weight excluding hydrogens is 420 g/mol. The summed E-state index contributed by atoms with van der Waals surface area (Å²) in [6.07, 6.45) is 1.33. The van der Waals surface area contributed by atoms with Crippen molar-refractivity contribution in [2.75, 3.05) is 14.2 Å². The third-order valence-corrected chi connectivity index (χ3v) is 5.41. The standard InChI is InChI=1S/C22H20N2O6S/c1-28-19-12-13-21(20(14-19)29-2)31(26,27)24-23-15-16-8-10-18(11-9-16)30-22(25)17-6-4-3-5-7-17/h3-15,24H,1-2H3. The summed E-state index contributed by atoms with van der Waals surface area (Å²) < 4.78 is 40.5. The lowest BCUT2D eigenvalue weighted by Gasteiger charge is -2.10. The van der Waals surface area contributed by atoms with Crippen molar-refractivity contribution in [1.82, 2.24) is 4.83 Å². The molecule has 0 heterocycles. The number of esters is 1. The van der Waals surface area contributed by atoms with Crippen LogP contribution in [0.5, 0.6) is 17.2 Å². The number of benzene rings is 3. The monoisotopic (exact) mass is 440 g/mol. The summed E-state index contributed by atoms with van der Waals surface area (Å²) in [6.45, 7) is 0. The zero-order valence-electron chi connectivity index (χ0n) is 16.8. The zero-order chi connectivity index (χ0) is 22.3. The first-order valence-electron chi connectivity index (χ1n) is 9.07. The minimum atomic E-state index is -3.95. The van der Waals surface area contributed by atoms with Crippen molar-refractivity contribution in [3.05, 3.63) is 83.9 Å². The highest BCUT2D eigenvalue weighted by molar-refractivity contribution is 7.89. The molecule has 3 aromatic rings. The van der Waals surface area contributed by atoms with Crippen LogP contribution in [0.25, 0.3) is 0 Å². The molecule has 0 saturated carbocycles. The van der Waals surface area contributed by atoms with Crippen molar-refractivity contribution in [3.63, 3.8) is 0 Å². The fourth-order valence-electron chi connectivity index (χ4n) is 2.58. The van der Waals surface area contributed by atoms with E-state index in [4.69, 9.17) is 14.2 Å². The predicted molar refractivity (Wildman–Crippen MR) is 115 cm³/mol. The van der Waals surface area contributed by atoms with Crippen LogP contribution >= 0.6 is 0 Å². The molecule has 0 bridgehead atoms. The molecule has 0 aliphatic rings. The van der Waals surface area contributed by atoms with Crippen molar-refractivity contribution in [3.8, 4) is 17.2 Å². The maximum atomic E-state index is 12.5. The first-order valence-corrected chi connectivity index (χ1v) is 10.6. The van der Waals surface area contributed by atoms with Crippen LogP contribution in [-0.2, 0) is 10.0 Å². The molecule has 0 saturated heterocycles. The number of methoxy groups -OCH3 is 2. The highest BCUT2D eigenvalue weighted by Gasteiger charge is 2.19. The number of nitrogens with one attached hydrogen (secondary N) is 1. The van der Waals surface area contributed by atoms with Crippen molar-refractivity contribution in [1.29, 1.82) is 0 Å². The van der Waals surface area contributed by atoms with Crippen LogP contribution in [0, 0.1) is 0 Å². The van der Waals surface area contributed by atoms with E-state index in [2.05, 4.69) is 9.93 Å². The summed E-state index contributed by atoms with van der Waals surface area (Å²) in [5, 5.41) is 3.79. The molecule has 1 N–H and O–H groups in total. The van der Waals surface area contributed by atoms with Gasteiger partial charge in [0.05, 0.1) is 26.0 Å². The lowest BCUT2D eigenvalue weighted by Crippen LogP contribution is -2.19. The molecule has 3 aromatic carbocycles. The van der Waals surface area contributed by atoms with Crippen LogP contribution in [0.15, 0.2) is 82.8 Å². The van der Waals surface area contributed by atoms with Crippen molar-refractivity contribution in [2.24, 2.45) is 5.10 Å². The van der Waals surface area contributed by atoms with Crippen LogP contribution in [0.1, 0.15) is 15.9 Å². The van der Waals surface area contributed by atoms with Gasteiger partial charge in [0, 0.05) is 6.07 Å². The number of hydrogen-bond acceptors (Lipinski definition) is 7. The maximum Gasteiger partial charge on any atom is 0.343 e. The van der Waals surface area contributed by atoms with E-state index in [0.717, 1.165) is 0 Å². The highest BCUT2D eigenvalue weighted by Crippen LogP contribution is 2.28. The largest absolute Gasteiger partial charge is 0.497 e. The molecule has 0 radical (unpaired) electrons.